The molecule has 1 aromatic carbocycles. The molecule has 0 atom stereocenters. The van der Waals surface area contributed by atoms with Gasteiger partial charge in [0.25, 0.3) is 0 Å². The molecule has 0 N–H and O–H groups in total. The highest BCUT2D eigenvalue weighted by Gasteiger charge is 1.98. The standard InChI is InChI=1S/C12H17NO/c1-4-11-7-5-6-8-12(11)14-10-9-13(2)3/h4-8H,1,9-10H2,2-3H3. The van der Waals surface area contributed by atoms with Crippen LogP contribution in [0.4, 0.5) is 0 Å². The van der Waals surface area contributed by atoms with E-state index in [1.165, 1.54) is 0 Å². The van der Waals surface area contributed by atoms with Gasteiger partial charge in [0, 0.05) is 12.1 Å². The SMILES string of the molecule is C=Cc1ccccc1OCCN(C)C. The van der Waals surface area contributed by atoms with Gasteiger partial charge in [0.05, 0.1) is 0 Å². The zero-order chi connectivity index (χ0) is 10.4. The fourth-order valence-corrected chi connectivity index (χ4v) is 1.12. The normalized spacial score (nSPS) is 10.2. The second kappa shape index (κ2) is 5.45. The molecule has 0 amide bonds. The third kappa shape index (κ3) is 3.23. The lowest BCUT2D eigenvalue weighted by Crippen LogP contribution is -2.19. The van der Waals surface area contributed by atoms with Crippen molar-refractivity contribution in [2.45, 2.75) is 0 Å². The molecular weight excluding hydrogens is 174 g/mol. The first kappa shape index (κ1) is 10.8. The van der Waals surface area contributed by atoms with Gasteiger partial charge in [-0.15, -0.1) is 0 Å². The number of hydrogen-bond acceptors (Lipinski definition) is 2. The minimum atomic E-state index is 0.706. The van der Waals surface area contributed by atoms with Gasteiger partial charge in [0.15, 0.2) is 0 Å². The molecule has 0 aliphatic heterocycles. The Kier molecular flexibility index (Phi) is 4.20. The topological polar surface area (TPSA) is 12.5 Å². The van der Waals surface area contributed by atoms with Crippen molar-refractivity contribution < 1.29 is 4.74 Å². The predicted molar refractivity (Wildman–Crippen MR) is 60.6 cm³/mol. The van der Waals surface area contributed by atoms with Crippen molar-refractivity contribution >= 4 is 6.08 Å². The summed E-state index contributed by atoms with van der Waals surface area (Å²) in [6.45, 7) is 5.37. The molecular formula is C12H17NO. The number of para-hydroxylation sites is 1. The van der Waals surface area contributed by atoms with Gasteiger partial charge in [0.2, 0.25) is 0 Å². The van der Waals surface area contributed by atoms with Crippen molar-refractivity contribution in [3.8, 4) is 5.75 Å². The number of benzene rings is 1. The first-order chi connectivity index (χ1) is 6.74. The van der Waals surface area contributed by atoms with Crippen LogP contribution in [0.3, 0.4) is 0 Å². The van der Waals surface area contributed by atoms with E-state index in [2.05, 4.69) is 11.5 Å². The van der Waals surface area contributed by atoms with Crippen LogP contribution in [0.1, 0.15) is 5.56 Å². The van der Waals surface area contributed by atoms with Gasteiger partial charge in [0.1, 0.15) is 12.4 Å². The molecule has 1 aromatic rings. The molecule has 0 aromatic heterocycles. The quantitative estimate of drug-likeness (QED) is 0.708. The molecule has 0 bridgehead atoms. The fourth-order valence-electron chi connectivity index (χ4n) is 1.12. The third-order valence-electron chi connectivity index (χ3n) is 1.93. The summed E-state index contributed by atoms with van der Waals surface area (Å²) in [5.41, 5.74) is 1.05. The van der Waals surface area contributed by atoms with E-state index in [9.17, 15) is 0 Å². The van der Waals surface area contributed by atoms with Crippen LogP contribution in [-0.4, -0.2) is 32.1 Å². The predicted octanol–water partition coefficient (Wildman–Crippen LogP) is 2.27. The third-order valence-corrected chi connectivity index (χ3v) is 1.93. The number of ether oxygens (including phenoxy) is 1. The lowest BCUT2D eigenvalue weighted by atomic mass is 10.2. The molecule has 0 heterocycles. The van der Waals surface area contributed by atoms with Crippen LogP contribution in [0.2, 0.25) is 0 Å². The van der Waals surface area contributed by atoms with Crippen molar-refractivity contribution in [1.29, 1.82) is 0 Å². The molecule has 0 unspecified atom stereocenters. The highest BCUT2D eigenvalue weighted by Crippen LogP contribution is 2.18. The second-order valence-corrected chi connectivity index (χ2v) is 3.39. The van der Waals surface area contributed by atoms with E-state index in [0.29, 0.717) is 6.61 Å². The van der Waals surface area contributed by atoms with Crippen molar-refractivity contribution in [3.05, 3.63) is 36.4 Å². The molecule has 0 saturated heterocycles. The van der Waals surface area contributed by atoms with Gasteiger partial charge in [-0.1, -0.05) is 30.9 Å². The van der Waals surface area contributed by atoms with Crippen LogP contribution in [0, 0.1) is 0 Å². The van der Waals surface area contributed by atoms with Crippen LogP contribution in [0.25, 0.3) is 6.08 Å². The number of nitrogens with zero attached hydrogens (tertiary/aromatic N) is 1. The van der Waals surface area contributed by atoms with E-state index in [-0.39, 0.29) is 0 Å². The van der Waals surface area contributed by atoms with Crippen LogP contribution >= 0.6 is 0 Å². The lowest BCUT2D eigenvalue weighted by Gasteiger charge is -2.12. The van der Waals surface area contributed by atoms with E-state index in [0.717, 1.165) is 17.9 Å². The van der Waals surface area contributed by atoms with E-state index in [1.807, 2.05) is 44.4 Å². The Morgan fingerprint density at radius 2 is 2.07 bits per heavy atom. The molecule has 0 saturated carbocycles. The van der Waals surface area contributed by atoms with E-state index in [1.54, 1.807) is 0 Å². The van der Waals surface area contributed by atoms with E-state index >= 15 is 0 Å². The zero-order valence-electron chi connectivity index (χ0n) is 8.86. The van der Waals surface area contributed by atoms with Crippen LogP contribution in [0.15, 0.2) is 30.8 Å². The van der Waals surface area contributed by atoms with Gasteiger partial charge < -0.3 is 9.64 Å². The Morgan fingerprint density at radius 3 is 2.71 bits per heavy atom. The minimum Gasteiger partial charge on any atom is -0.492 e. The van der Waals surface area contributed by atoms with Crippen LogP contribution < -0.4 is 4.74 Å². The summed E-state index contributed by atoms with van der Waals surface area (Å²) < 4.78 is 5.63. The molecule has 0 spiro atoms. The highest BCUT2D eigenvalue weighted by atomic mass is 16.5. The number of likely N-dealkylation sites (N-methyl/N-ethyl adjacent to an activating group) is 1. The Labute approximate surface area is 85.8 Å². The summed E-state index contributed by atoms with van der Waals surface area (Å²) in [7, 11) is 4.06. The summed E-state index contributed by atoms with van der Waals surface area (Å²) >= 11 is 0. The minimum absolute atomic E-state index is 0.706. The number of rotatable bonds is 5. The van der Waals surface area contributed by atoms with Gasteiger partial charge in [-0.05, 0) is 20.2 Å². The van der Waals surface area contributed by atoms with Gasteiger partial charge in [-0.25, -0.2) is 0 Å². The Balaban J connectivity index is 2.53. The van der Waals surface area contributed by atoms with E-state index < -0.39 is 0 Å². The first-order valence-electron chi connectivity index (χ1n) is 4.73. The summed E-state index contributed by atoms with van der Waals surface area (Å²) in [6, 6.07) is 7.92. The van der Waals surface area contributed by atoms with Crippen LogP contribution in [0.5, 0.6) is 5.75 Å². The van der Waals surface area contributed by atoms with Crippen LogP contribution in [-0.2, 0) is 0 Å². The average Bonchev–Trinajstić information content (AvgIpc) is 2.18. The maximum absolute atomic E-state index is 5.63. The molecule has 2 nitrogen and oxygen atoms in total. The van der Waals surface area contributed by atoms with Crippen molar-refractivity contribution in [2.75, 3.05) is 27.2 Å². The molecule has 0 aliphatic carbocycles. The molecule has 0 radical (unpaired) electrons. The molecule has 14 heavy (non-hydrogen) atoms. The molecule has 1 rings (SSSR count). The summed E-state index contributed by atoms with van der Waals surface area (Å²) in [5.74, 6) is 0.907. The highest BCUT2D eigenvalue weighted by molar-refractivity contribution is 5.55. The van der Waals surface area contributed by atoms with Crippen molar-refractivity contribution in [3.63, 3.8) is 0 Å². The summed E-state index contributed by atoms with van der Waals surface area (Å²) in [5, 5.41) is 0. The molecule has 2 heteroatoms. The molecule has 76 valence electrons. The van der Waals surface area contributed by atoms with Crippen molar-refractivity contribution in [1.82, 2.24) is 4.90 Å². The summed E-state index contributed by atoms with van der Waals surface area (Å²) in [4.78, 5) is 2.09. The Morgan fingerprint density at radius 1 is 1.36 bits per heavy atom. The molecule has 0 fully saturated rings. The number of hydrogen-bond donors (Lipinski definition) is 0. The summed E-state index contributed by atoms with van der Waals surface area (Å²) in [6.07, 6.45) is 1.81. The van der Waals surface area contributed by atoms with Gasteiger partial charge >= 0.3 is 0 Å². The van der Waals surface area contributed by atoms with Gasteiger partial charge in [-0.2, -0.15) is 0 Å². The largest absolute Gasteiger partial charge is 0.492 e. The second-order valence-electron chi connectivity index (χ2n) is 3.39. The molecule has 0 aliphatic rings. The smallest absolute Gasteiger partial charge is 0.126 e. The Hall–Kier alpha value is -1.28. The lowest BCUT2D eigenvalue weighted by molar-refractivity contribution is 0.261. The fraction of sp³-hybridized carbons (Fsp3) is 0.333. The Bertz CT molecular complexity index is 294. The maximum Gasteiger partial charge on any atom is 0.126 e. The average molecular weight is 191 g/mol. The van der Waals surface area contributed by atoms with Gasteiger partial charge in [-0.3, -0.25) is 0 Å². The van der Waals surface area contributed by atoms with E-state index in [4.69, 9.17) is 4.74 Å². The first-order valence-corrected chi connectivity index (χ1v) is 4.73. The van der Waals surface area contributed by atoms with Crippen molar-refractivity contribution in [2.24, 2.45) is 0 Å². The zero-order valence-corrected chi connectivity index (χ0v) is 8.86. The monoisotopic (exact) mass is 191 g/mol. The maximum atomic E-state index is 5.63.